The van der Waals surface area contributed by atoms with Crippen LogP contribution in [0.3, 0.4) is 0 Å². The zero-order valence-electron chi connectivity index (χ0n) is 11.0. The lowest BCUT2D eigenvalue weighted by molar-refractivity contribution is 0.252. The highest BCUT2D eigenvalue weighted by atomic mass is 19.1. The molecule has 0 heterocycles. The van der Waals surface area contributed by atoms with Crippen molar-refractivity contribution in [1.29, 1.82) is 0 Å². The van der Waals surface area contributed by atoms with Gasteiger partial charge in [-0.2, -0.15) is 0 Å². The second-order valence-electron chi connectivity index (χ2n) is 5.33. The summed E-state index contributed by atoms with van der Waals surface area (Å²) in [5, 5.41) is 3.65. The van der Waals surface area contributed by atoms with Crippen molar-refractivity contribution in [2.24, 2.45) is 11.7 Å². The molecule has 1 aromatic carbocycles. The smallest absolute Gasteiger partial charge is 0.123 e. The summed E-state index contributed by atoms with van der Waals surface area (Å²) in [6.45, 7) is 2.89. The largest absolute Gasteiger partial charge is 0.330 e. The molecule has 0 radical (unpaired) electrons. The zero-order chi connectivity index (χ0) is 13.0. The first-order chi connectivity index (χ1) is 8.70. The van der Waals surface area contributed by atoms with Crippen molar-refractivity contribution in [2.45, 2.75) is 44.7 Å². The maximum absolute atomic E-state index is 12.9. The van der Waals surface area contributed by atoms with Crippen LogP contribution in [0.2, 0.25) is 0 Å². The van der Waals surface area contributed by atoms with Crippen molar-refractivity contribution >= 4 is 0 Å². The van der Waals surface area contributed by atoms with E-state index in [-0.39, 0.29) is 11.9 Å². The minimum atomic E-state index is -0.177. The summed E-state index contributed by atoms with van der Waals surface area (Å²) < 4.78 is 12.9. The van der Waals surface area contributed by atoms with Crippen LogP contribution >= 0.6 is 0 Å². The van der Waals surface area contributed by atoms with E-state index in [1.54, 1.807) is 0 Å². The molecule has 18 heavy (non-hydrogen) atoms. The van der Waals surface area contributed by atoms with Gasteiger partial charge in [0.1, 0.15) is 5.82 Å². The Hall–Kier alpha value is -0.930. The lowest BCUT2D eigenvalue weighted by Gasteiger charge is -2.33. The molecular formula is C15H23FN2. The Balaban J connectivity index is 1.97. The minimum absolute atomic E-state index is 0.177. The van der Waals surface area contributed by atoms with Crippen LogP contribution in [0.4, 0.5) is 4.39 Å². The molecule has 2 unspecified atom stereocenters. The number of benzene rings is 1. The third-order valence-corrected chi connectivity index (χ3v) is 4.05. The van der Waals surface area contributed by atoms with Crippen LogP contribution in [0.5, 0.6) is 0 Å². The molecule has 0 aliphatic heterocycles. The number of rotatable bonds is 4. The molecule has 3 heteroatoms. The predicted molar refractivity (Wildman–Crippen MR) is 72.8 cm³/mol. The Morgan fingerprint density at radius 1 is 1.28 bits per heavy atom. The van der Waals surface area contributed by atoms with Crippen molar-refractivity contribution in [3.05, 3.63) is 35.6 Å². The van der Waals surface area contributed by atoms with Gasteiger partial charge in [-0.05, 0) is 49.9 Å². The summed E-state index contributed by atoms with van der Waals surface area (Å²) in [6, 6.07) is 7.51. The molecule has 0 spiro atoms. The maximum Gasteiger partial charge on any atom is 0.123 e. The van der Waals surface area contributed by atoms with Gasteiger partial charge in [0.25, 0.3) is 0 Å². The van der Waals surface area contributed by atoms with E-state index < -0.39 is 0 Å². The molecule has 3 N–H and O–H groups in total. The van der Waals surface area contributed by atoms with E-state index in [2.05, 4.69) is 12.2 Å². The Morgan fingerprint density at radius 2 is 1.94 bits per heavy atom. The number of nitrogens with one attached hydrogen (secondary N) is 1. The van der Waals surface area contributed by atoms with Gasteiger partial charge in [0.15, 0.2) is 0 Å². The van der Waals surface area contributed by atoms with Gasteiger partial charge in [-0.25, -0.2) is 4.39 Å². The number of nitrogens with two attached hydrogens (primary N) is 1. The Bertz CT molecular complexity index is 363. The first kappa shape index (κ1) is 13.5. The molecule has 0 aromatic heterocycles. The van der Waals surface area contributed by atoms with Crippen molar-refractivity contribution in [1.82, 2.24) is 5.32 Å². The SMILES string of the molecule is C[C@H](NC1CCCCC1CN)c1ccc(F)cc1. The summed E-state index contributed by atoms with van der Waals surface area (Å²) in [6.07, 6.45) is 5.01. The van der Waals surface area contributed by atoms with Crippen LogP contribution in [-0.2, 0) is 0 Å². The highest BCUT2D eigenvalue weighted by Crippen LogP contribution is 2.26. The van der Waals surface area contributed by atoms with E-state index in [9.17, 15) is 4.39 Å². The van der Waals surface area contributed by atoms with Gasteiger partial charge in [0, 0.05) is 12.1 Å². The molecular weight excluding hydrogens is 227 g/mol. The standard InChI is InChI=1S/C15H23FN2/c1-11(12-6-8-14(16)9-7-12)18-15-5-3-2-4-13(15)10-17/h6-9,11,13,15,18H,2-5,10,17H2,1H3/t11-,13?,15?/m0/s1. The fourth-order valence-corrected chi connectivity index (χ4v) is 2.88. The fourth-order valence-electron chi connectivity index (χ4n) is 2.88. The van der Waals surface area contributed by atoms with E-state index in [1.165, 1.54) is 37.8 Å². The van der Waals surface area contributed by atoms with Gasteiger partial charge in [0.05, 0.1) is 0 Å². The molecule has 100 valence electrons. The topological polar surface area (TPSA) is 38.0 Å². The monoisotopic (exact) mass is 250 g/mol. The minimum Gasteiger partial charge on any atom is -0.330 e. The molecule has 1 aromatic rings. The molecule has 3 atom stereocenters. The highest BCUT2D eigenvalue weighted by molar-refractivity contribution is 5.19. The molecule has 2 nitrogen and oxygen atoms in total. The normalized spacial score (nSPS) is 25.9. The molecule has 1 aliphatic carbocycles. The molecule has 2 rings (SSSR count). The summed E-state index contributed by atoms with van der Waals surface area (Å²) in [5.41, 5.74) is 6.98. The van der Waals surface area contributed by atoms with Gasteiger partial charge >= 0.3 is 0 Å². The molecule has 1 saturated carbocycles. The third kappa shape index (κ3) is 3.30. The van der Waals surface area contributed by atoms with Gasteiger partial charge in [0.2, 0.25) is 0 Å². The van der Waals surface area contributed by atoms with Gasteiger partial charge in [-0.15, -0.1) is 0 Å². The quantitative estimate of drug-likeness (QED) is 0.862. The summed E-state index contributed by atoms with van der Waals surface area (Å²) in [7, 11) is 0. The molecule has 0 saturated heterocycles. The van der Waals surface area contributed by atoms with Crippen LogP contribution in [0.1, 0.15) is 44.2 Å². The lowest BCUT2D eigenvalue weighted by atomic mass is 9.84. The number of halogens is 1. The number of hydrogen-bond donors (Lipinski definition) is 2. The average Bonchev–Trinajstić information content (AvgIpc) is 2.40. The van der Waals surface area contributed by atoms with Gasteiger partial charge in [-0.1, -0.05) is 25.0 Å². The van der Waals surface area contributed by atoms with Crippen molar-refractivity contribution < 1.29 is 4.39 Å². The van der Waals surface area contributed by atoms with Crippen molar-refractivity contribution in [3.63, 3.8) is 0 Å². The molecule has 1 aliphatic rings. The van der Waals surface area contributed by atoms with Gasteiger partial charge < -0.3 is 11.1 Å². The van der Waals surface area contributed by atoms with Crippen LogP contribution in [0.15, 0.2) is 24.3 Å². The second-order valence-corrected chi connectivity index (χ2v) is 5.33. The van der Waals surface area contributed by atoms with E-state index in [0.29, 0.717) is 12.0 Å². The zero-order valence-corrected chi connectivity index (χ0v) is 11.0. The predicted octanol–water partition coefficient (Wildman–Crippen LogP) is 2.99. The Labute approximate surface area is 109 Å². The maximum atomic E-state index is 12.9. The van der Waals surface area contributed by atoms with E-state index >= 15 is 0 Å². The average molecular weight is 250 g/mol. The van der Waals surface area contributed by atoms with Crippen LogP contribution in [0.25, 0.3) is 0 Å². The van der Waals surface area contributed by atoms with Crippen LogP contribution < -0.4 is 11.1 Å². The van der Waals surface area contributed by atoms with E-state index in [0.717, 1.165) is 12.1 Å². The number of hydrogen-bond acceptors (Lipinski definition) is 2. The Kier molecular flexibility index (Phi) is 4.72. The second kappa shape index (κ2) is 6.30. The van der Waals surface area contributed by atoms with E-state index in [4.69, 9.17) is 5.73 Å². The molecule has 0 amide bonds. The summed E-state index contributed by atoms with van der Waals surface area (Å²) in [4.78, 5) is 0. The summed E-state index contributed by atoms with van der Waals surface area (Å²) >= 11 is 0. The van der Waals surface area contributed by atoms with Gasteiger partial charge in [-0.3, -0.25) is 0 Å². The highest BCUT2D eigenvalue weighted by Gasteiger charge is 2.25. The van der Waals surface area contributed by atoms with Crippen LogP contribution in [-0.4, -0.2) is 12.6 Å². The first-order valence-corrected chi connectivity index (χ1v) is 6.92. The molecule has 1 fully saturated rings. The lowest BCUT2D eigenvalue weighted by Crippen LogP contribution is -2.42. The Morgan fingerprint density at radius 3 is 2.61 bits per heavy atom. The van der Waals surface area contributed by atoms with E-state index in [1.807, 2.05) is 12.1 Å². The fraction of sp³-hybridized carbons (Fsp3) is 0.600. The molecule has 0 bridgehead atoms. The van der Waals surface area contributed by atoms with Crippen molar-refractivity contribution in [3.8, 4) is 0 Å². The van der Waals surface area contributed by atoms with Crippen molar-refractivity contribution in [2.75, 3.05) is 6.54 Å². The summed E-state index contributed by atoms with van der Waals surface area (Å²) in [5.74, 6) is 0.407. The van der Waals surface area contributed by atoms with Crippen LogP contribution in [0, 0.1) is 11.7 Å². The first-order valence-electron chi connectivity index (χ1n) is 6.92. The third-order valence-electron chi connectivity index (χ3n) is 4.05.